The Morgan fingerprint density at radius 3 is 2.23 bits per heavy atom. The Labute approximate surface area is 77.8 Å². The Bertz CT molecular complexity index is 240. The first kappa shape index (κ1) is 14.2. The standard InChI is InChI=1S/C8H9BNO.2H2O/c1-7(11)10-9-8-5-3-2-4-6-8;;/h2-6H,1H3,(H,10,11);2*1H2. The van der Waals surface area contributed by atoms with Crippen molar-refractivity contribution >= 4 is 18.8 Å². The number of hydrogen-bond donors (Lipinski definition) is 1. The summed E-state index contributed by atoms with van der Waals surface area (Å²) in [5.41, 5.74) is 1.00. The summed E-state index contributed by atoms with van der Waals surface area (Å²) >= 11 is 0. The third kappa shape index (κ3) is 5.89. The summed E-state index contributed by atoms with van der Waals surface area (Å²) in [4.78, 5) is 10.5. The van der Waals surface area contributed by atoms with Crippen molar-refractivity contribution in [2.24, 2.45) is 0 Å². The van der Waals surface area contributed by atoms with E-state index in [1.807, 2.05) is 30.3 Å². The van der Waals surface area contributed by atoms with E-state index < -0.39 is 0 Å². The van der Waals surface area contributed by atoms with Gasteiger partial charge in [0.25, 0.3) is 7.41 Å². The second kappa shape index (κ2) is 7.33. The molecule has 1 aromatic rings. The first-order valence-corrected chi connectivity index (χ1v) is 3.44. The van der Waals surface area contributed by atoms with Gasteiger partial charge in [-0.2, -0.15) is 0 Å². The Hall–Kier alpha value is -1.33. The molecule has 1 amide bonds. The number of hydrogen-bond acceptors (Lipinski definition) is 1. The first-order valence-electron chi connectivity index (χ1n) is 3.44. The van der Waals surface area contributed by atoms with Crippen LogP contribution in [0, 0.1) is 0 Å². The van der Waals surface area contributed by atoms with Crippen LogP contribution in [0.25, 0.3) is 0 Å². The quantitative estimate of drug-likeness (QED) is 0.549. The lowest BCUT2D eigenvalue weighted by molar-refractivity contribution is -0.117. The maximum Gasteiger partial charge on any atom is 0.284 e. The van der Waals surface area contributed by atoms with Crippen molar-refractivity contribution in [3.63, 3.8) is 0 Å². The zero-order valence-electron chi connectivity index (χ0n) is 7.37. The number of benzene rings is 1. The monoisotopic (exact) mass is 182 g/mol. The second-order valence-corrected chi connectivity index (χ2v) is 2.26. The van der Waals surface area contributed by atoms with Crippen LogP contribution >= 0.6 is 0 Å². The molecule has 0 saturated heterocycles. The van der Waals surface area contributed by atoms with Gasteiger partial charge in [0.2, 0.25) is 5.91 Å². The number of nitrogens with one attached hydrogen (secondary N) is 1. The lowest BCUT2D eigenvalue weighted by atomic mass is 9.83. The minimum atomic E-state index is -0.0474. The fourth-order valence-corrected chi connectivity index (χ4v) is 0.734. The third-order valence-corrected chi connectivity index (χ3v) is 1.24. The summed E-state index contributed by atoms with van der Waals surface area (Å²) < 4.78 is 0. The Kier molecular flexibility index (Phi) is 8.01. The number of carbonyl (C=O) groups is 1. The topological polar surface area (TPSA) is 92.1 Å². The van der Waals surface area contributed by atoms with Gasteiger partial charge in [-0.05, 0) is 0 Å². The normalized spacial score (nSPS) is 7.46. The van der Waals surface area contributed by atoms with Gasteiger partial charge in [-0.25, -0.2) is 0 Å². The molecule has 0 aliphatic carbocycles. The highest BCUT2D eigenvalue weighted by Gasteiger charge is 1.94. The summed E-state index contributed by atoms with van der Waals surface area (Å²) in [6.45, 7) is 1.49. The van der Waals surface area contributed by atoms with E-state index in [0.717, 1.165) is 5.46 Å². The molecule has 71 valence electrons. The number of rotatable bonds is 2. The molecule has 5 N–H and O–H groups in total. The largest absolute Gasteiger partial charge is 0.412 e. The van der Waals surface area contributed by atoms with Gasteiger partial charge < -0.3 is 16.2 Å². The van der Waals surface area contributed by atoms with E-state index in [0.29, 0.717) is 0 Å². The van der Waals surface area contributed by atoms with Crippen molar-refractivity contribution < 1.29 is 15.7 Å². The van der Waals surface area contributed by atoms with Crippen LogP contribution in [0.1, 0.15) is 6.92 Å². The van der Waals surface area contributed by atoms with Crippen molar-refractivity contribution in [3.05, 3.63) is 30.3 Å². The van der Waals surface area contributed by atoms with Crippen LogP contribution in [0.4, 0.5) is 0 Å². The minimum Gasteiger partial charge on any atom is -0.412 e. The van der Waals surface area contributed by atoms with E-state index in [1.54, 1.807) is 7.41 Å². The van der Waals surface area contributed by atoms with Crippen LogP contribution < -0.4 is 10.7 Å². The van der Waals surface area contributed by atoms with Crippen molar-refractivity contribution in [2.75, 3.05) is 0 Å². The van der Waals surface area contributed by atoms with Crippen LogP contribution in [0.5, 0.6) is 0 Å². The molecule has 13 heavy (non-hydrogen) atoms. The predicted molar refractivity (Wildman–Crippen MR) is 52.9 cm³/mol. The zero-order chi connectivity index (χ0) is 8.10. The van der Waals surface area contributed by atoms with Gasteiger partial charge in [0, 0.05) is 6.92 Å². The molecule has 0 aliphatic heterocycles. The molecule has 5 heteroatoms. The van der Waals surface area contributed by atoms with Crippen LogP contribution in [-0.2, 0) is 4.79 Å². The molecule has 1 aromatic carbocycles. The van der Waals surface area contributed by atoms with Crippen molar-refractivity contribution in [1.29, 1.82) is 0 Å². The highest BCUT2D eigenvalue weighted by molar-refractivity contribution is 6.53. The maximum atomic E-state index is 10.5. The maximum absolute atomic E-state index is 10.5. The fourth-order valence-electron chi connectivity index (χ4n) is 0.734. The van der Waals surface area contributed by atoms with Crippen molar-refractivity contribution in [3.8, 4) is 0 Å². The van der Waals surface area contributed by atoms with Gasteiger partial charge in [-0.3, -0.25) is 4.79 Å². The van der Waals surface area contributed by atoms with Crippen molar-refractivity contribution in [2.45, 2.75) is 6.92 Å². The molecule has 1 radical (unpaired) electrons. The number of amides is 1. The molecule has 0 bridgehead atoms. The Balaban J connectivity index is 0. The predicted octanol–water partition coefficient (Wildman–Crippen LogP) is -1.58. The third-order valence-electron chi connectivity index (χ3n) is 1.24. The molecule has 0 atom stereocenters. The summed E-state index contributed by atoms with van der Waals surface area (Å²) in [6.07, 6.45) is 0. The summed E-state index contributed by atoms with van der Waals surface area (Å²) in [6, 6.07) is 9.64. The molecule has 0 unspecified atom stereocenters. The number of carbonyl (C=O) groups excluding carboxylic acids is 1. The van der Waals surface area contributed by atoms with Gasteiger partial charge in [0.15, 0.2) is 0 Å². The lowest BCUT2D eigenvalue weighted by Crippen LogP contribution is -2.33. The highest BCUT2D eigenvalue weighted by atomic mass is 16.1. The van der Waals surface area contributed by atoms with Gasteiger partial charge in [-0.15, -0.1) is 0 Å². The fraction of sp³-hybridized carbons (Fsp3) is 0.125. The van der Waals surface area contributed by atoms with Crippen LogP contribution in [0.2, 0.25) is 0 Å². The lowest BCUT2D eigenvalue weighted by Gasteiger charge is -1.97. The molecule has 0 aliphatic rings. The summed E-state index contributed by atoms with van der Waals surface area (Å²) in [5.74, 6) is -0.0474. The zero-order valence-corrected chi connectivity index (χ0v) is 7.37. The van der Waals surface area contributed by atoms with Crippen LogP contribution in [-0.4, -0.2) is 24.3 Å². The van der Waals surface area contributed by atoms with Gasteiger partial charge in [0.1, 0.15) is 0 Å². The molecule has 0 spiro atoms. The highest BCUT2D eigenvalue weighted by Crippen LogP contribution is 1.79. The summed E-state index contributed by atoms with van der Waals surface area (Å²) in [5, 5.41) is 2.60. The minimum absolute atomic E-state index is 0. The summed E-state index contributed by atoms with van der Waals surface area (Å²) in [7, 11) is 1.68. The van der Waals surface area contributed by atoms with Gasteiger partial charge in [-0.1, -0.05) is 35.8 Å². The first-order chi connectivity index (χ1) is 5.29. The van der Waals surface area contributed by atoms with E-state index in [1.165, 1.54) is 6.92 Å². The van der Waals surface area contributed by atoms with E-state index in [-0.39, 0.29) is 16.9 Å². The van der Waals surface area contributed by atoms with Crippen LogP contribution in [0.3, 0.4) is 0 Å². The second-order valence-electron chi connectivity index (χ2n) is 2.26. The molecule has 0 fully saturated rings. The molecule has 0 aromatic heterocycles. The Morgan fingerprint density at radius 1 is 1.23 bits per heavy atom. The van der Waals surface area contributed by atoms with E-state index in [2.05, 4.69) is 5.23 Å². The smallest absolute Gasteiger partial charge is 0.284 e. The Morgan fingerprint density at radius 2 is 1.77 bits per heavy atom. The molecule has 0 saturated carbocycles. The molecule has 1 rings (SSSR count). The average molecular weight is 182 g/mol. The average Bonchev–Trinajstić information content (AvgIpc) is 2.03. The molecular weight excluding hydrogens is 169 g/mol. The van der Waals surface area contributed by atoms with Crippen LogP contribution in [0.15, 0.2) is 30.3 Å². The van der Waals surface area contributed by atoms with E-state index in [9.17, 15) is 4.79 Å². The van der Waals surface area contributed by atoms with E-state index in [4.69, 9.17) is 0 Å². The molecule has 4 nitrogen and oxygen atoms in total. The van der Waals surface area contributed by atoms with Gasteiger partial charge in [0.05, 0.1) is 0 Å². The SMILES string of the molecule is CC(=O)N[B]c1ccccc1.O.O. The molecular formula is C8H13BNO3. The van der Waals surface area contributed by atoms with Gasteiger partial charge >= 0.3 is 0 Å². The van der Waals surface area contributed by atoms with Crippen molar-refractivity contribution in [1.82, 2.24) is 5.23 Å². The molecule has 0 heterocycles. The van der Waals surface area contributed by atoms with E-state index >= 15 is 0 Å².